The highest BCUT2D eigenvalue weighted by atomic mass is 16.8. The minimum atomic E-state index is -0.809. The Kier molecular flexibility index (Phi) is 9.50. The zero-order valence-electron chi connectivity index (χ0n) is 19.0. The van der Waals surface area contributed by atoms with Gasteiger partial charge >= 0.3 is 0 Å². The van der Waals surface area contributed by atoms with E-state index in [-0.39, 0.29) is 5.91 Å². The second-order valence-electron chi connectivity index (χ2n) is 8.42. The lowest BCUT2D eigenvalue weighted by Gasteiger charge is -2.22. The Balaban J connectivity index is 1.69. The van der Waals surface area contributed by atoms with Gasteiger partial charge in [0, 0.05) is 20.1 Å². The molecule has 0 aliphatic heterocycles. The van der Waals surface area contributed by atoms with E-state index >= 15 is 0 Å². The highest BCUT2D eigenvalue weighted by molar-refractivity contribution is 5.74. The Hall–Kier alpha value is -2.21. The molecule has 1 amide bonds. The maximum atomic E-state index is 11.8. The third-order valence-electron chi connectivity index (χ3n) is 5.01. The molecule has 164 valence electrons. The first-order valence-electron chi connectivity index (χ1n) is 10.6. The smallest absolute Gasteiger partial charge is 0.243 e. The van der Waals surface area contributed by atoms with Crippen LogP contribution in [0, 0.1) is 0 Å². The molecule has 0 atom stereocenters. The monoisotopic (exact) mass is 412 g/mol. The van der Waals surface area contributed by atoms with Gasteiger partial charge in [0.2, 0.25) is 5.91 Å². The van der Waals surface area contributed by atoms with Crippen LogP contribution in [0.2, 0.25) is 0 Å². The SMILES string of the molecule is COC(C)(C)ONC(=O)CCCCCc1ccc(-c2ccc(CN(C)C)cc2)cc1. The van der Waals surface area contributed by atoms with Crippen molar-refractivity contribution < 1.29 is 14.4 Å². The molecule has 2 rings (SSSR count). The topological polar surface area (TPSA) is 50.8 Å². The quantitative estimate of drug-likeness (QED) is 0.304. The molecule has 1 N–H and O–H groups in total. The second-order valence-corrected chi connectivity index (χ2v) is 8.42. The number of hydrogen-bond acceptors (Lipinski definition) is 4. The minimum Gasteiger partial charge on any atom is -0.352 e. The summed E-state index contributed by atoms with van der Waals surface area (Å²) in [6, 6.07) is 17.6. The lowest BCUT2D eigenvalue weighted by atomic mass is 10.00. The Morgan fingerprint density at radius 3 is 2.00 bits per heavy atom. The van der Waals surface area contributed by atoms with Gasteiger partial charge in [0.1, 0.15) is 0 Å². The van der Waals surface area contributed by atoms with Crippen molar-refractivity contribution in [3.63, 3.8) is 0 Å². The molecule has 0 saturated heterocycles. The molecule has 0 unspecified atom stereocenters. The van der Waals surface area contributed by atoms with Crippen LogP contribution in [0.5, 0.6) is 0 Å². The number of hydroxylamine groups is 1. The molecule has 0 saturated carbocycles. The predicted octanol–water partition coefficient (Wildman–Crippen LogP) is 4.95. The van der Waals surface area contributed by atoms with Gasteiger partial charge in [-0.2, -0.15) is 0 Å². The normalized spacial score (nSPS) is 11.7. The fourth-order valence-corrected chi connectivity index (χ4v) is 3.10. The van der Waals surface area contributed by atoms with Gasteiger partial charge in [-0.05, 0) is 69.5 Å². The summed E-state index contributed by atoms with van der Waals surface area (Å²) in [6.07, 6.45) is 4.41. The lowest BCUT2D eigenvalue weighted by molar-refractivity contribution is -0.231. The second kappa shape index (κ2) is 11.8. The highest BCUT2D eigenvalue weighted by Crippen LogP contribution is 2.21. The zero-order chi connectivity index (χ0) is 22.0. The van der Waals surface area contributed by atoms with E-state index in [1.807, 2.05) is 0 Å². The summed E-state index contributed by atoms with van der Waals surface area (Å²) in [7, 11) is 5.71. The predicted molar refractivity (Wildman–Crippen MR) is 122 cm³/mol. The molecule has 2 aromatic carbocycles. The molecule has 2 aromatic rings. The molecule has 30 heavy (non-hydrogen) atoms. The van der Waals surface area contributed by atoms with Crippen molar-refractivity contribution in [3.8, 4) is 11.1 Å². The van der Waals surface area contributed by atoms with Crippen LogP contribution in [-0.2, 0) is 27.3 Å². The first-order chi connectivity index (χ1) is 14.3. The number of amides is 1. The summed E-state index contributed by atoms with van der Waals surface area (Å²) < 4.78 is 5.10. The van der Waals surface area contributed by atoms with Gasteiger partial charge < -0.3 is 9.64 Å². The summed E-state index contributed by atoms with van der Waals surface area (Å²) >= 11 is 0. The summed E-state index contributed by atoms with van der Waals surface area (Å²) in [5, 5.41) is 0. The van der Waals surface area contributed by atoms with Crippen LogP contribution in [0.25, 0.3) is 11.1 Å². The van der Waals surface area contributed by atoms with Gasteiger partial charge in [0.25, 0.3) is 0 Å². The zero-order valence-corrected chi connectivity index (χ0v) is 19.0. The fourth-order valence-electron chi connectivity index (χ4n) is 3.10. The summed E-state index contributed by atoms with van der Waals surface area (Å²) in [6.45, 7) is 4.45. The van der Waals surface area contributed by atoms with Crippen molar-refractivity contribution in [2.24, 2.45) is 0 Å². The standard InChI is InChI=1S/C25H36N2O3/c1-25(2,29-5)30-26-24(28)10-8-6-7-9-20-11-15-22(16-12-20)23-17-13-21(14-18-23)19-27(3)4/h11-18H,6-10,19H2,1-5H3,(H,26,28). The maximum Gasteiger partial charge on any atom is 0.243 e. The number of aryl methyl sites for hydroxylation is 1. The number of methoxy groups -OCH3 is 1. The Bertz CT molecular complexity index is 768. The summed E-state index contributed by atoms with van der Waals surface area (Å²) in [5.74, 6) is -0.920. The van der Waals surface area contributed by atoms with E-state index in [9.17, 15) is 4.79 Å². The highest BCUT2D eigenvalue weighted by Gasteiger charge is 2.18. The van der Waals surface area contributed by atoms with Gasteiger partial charge in [-0.25, -0.2) is 10.3 Å². The van der Waals surface area contributed by atoms with E-state index in [1.54, 1.807) is 21.0 Å². The number of hydrogen-bond donors (Lipinski definition) is 1. The van der Waals surface area contributed by atoms with Crippen LogP contribution in [0.15, 0.2) is 48.5 Å². The van der Waals surface area contributed by atoms with E-state index < -0.39 is 5.79 Å². The number of benzene rings is 2. The van der Waals surface area contributed by atoms with Crippen molar-refractivity contribution in [1.29, 1.82) is 0 Å². The van der Waals surface area contributed by atoms with Crippen molar-refractivity contribution in [2.45, 2.75) is 58.3 Å². The average molecular weight is 413 g/mol. The van der Waals surface area contributed by atoms with Crippen molar-refractivity contribution in [1.82, 2.24) is 10.4 Å². The number of unbranched alkanes of at least 4 members (excludes halogenated alkanes) is 2. The molecule has 5 heteroatoms. The third kappa shape index (κ3) is 8.66. The van der Waals surface area contributed by atoms with Crippen molar-refractivity contribution in [2.75, 3.05) is 21.2 Å². The van der Waals surface area contributed by atoms with Crippen LogP contribution in [0.3, 0.4) is 0 Å². The molecular weight excluding hydrogens is 376 g/mol. The van der Waals surface area contributed by atoms with Crippen LogP contribution in [0.1, 0.15) is 50.7 Å². The number of nitrogens with zero attached hydrogens (tertiary/aromatic N) is 1. The van der Waals surface area contributed by atoms with Gasteiger partial charge in [-0.1, -0.05) is 55.0 Å². The molecule has 0 spiro atoms. The van der Waals surface area contributed by atoms with Gasteiger partial charge in [-0.3, -0.25) is 4.79 Å². The van der Waals surface area contributed by atoms with Crippen molar-refractivity contribution >= 4 is 5.91 Å². The summed E-state index contributed by atoms with van der Waals surface area (Å²) in [5.41, 5.74) is 7.59. The van der Waals surface area contributed by atoms with Crippen LogP contribution in [-0.4, -0.2) is 37.8 Å². The van der Waals surface area contributed by atoms with Gasteiger partial charge in [0.15, 0.2) is 5.79 Å². The van der Waals surface area contributed by atoms with E-state index in [1.165, 1.54) is 22.3 Å². The first kappa shape index (κ1) is 24.1. The molecule has 0 aliphatic rings. The molecular formula is C25H36N2O3. The largest absolute Gasteiger partial charge is 0.352 e. The van der Waals surface area contributed by atoms with E-state index in [0.29, 0.717) is 6.42 Å². The molecule has 0 fully saturated rings. The van der Waals surface area contributed by atoms with E-state index in [2.05, 4.69) is 73.0 Å². The van der Waals surface area contributed by atoms with E-state index in [0.717, 1.165) is 32.2 Å². The number of rotatable bonds is 12. The number of nitrogens with one attached hydrogen (secondary N) is 1. The van der Waals surface area contributed by atoms with Crippen LogP contribution >= 0.6 is 0 Å². The van der Waals surface area contributed by atoms with Crippen LogP contribution < -0.4 is 5.48 Å². The minimum absolute atomic E-state index is 0.110. The molecule has 0 heterocycles. The number of carbonyl (C=O) groups excluding carboxylic acids is 1. The maximum absolute atomic E-state index is 11.8. The molecule has 0 aliphatic carbocycles. The fraction of sp³-hybridized carbons (Fsp3) is 0.480. The van der Waals surface area contributed by atoms with Gasteiger partial charge in [-0.15, -0.1) is 0 Å². The average Bonchev–Trinajstić information content (AvgIpc) is 2.73. The number of ether oxygens (including phenoxy) is 1. The Morgan fingerprint density at radius 1 is 0.900 bits per heavy atom. The van der Waals surface area contributed by atoms with E-state index in [4.69, 9.17) is 9.57 Å². The number of carbonyl (C=O) groups is 1. The van der Waals surface area contributed by atoms with Gasteiger partial charge in [0.05, 0.1) is 0 Å². The first-order valence-corrected chi connectivity index (χ1v) is 10.6. The lowest BCUT2D eigenvalue weighted by Crippen LogP contribution is -2.37. The Labute approximate surface area is 181 Å². The third-order valence-corrected chi connectivity index (χ3v) is 5.01. The molecule has 0 radical (unpaired) electrons. The molecule has 0 aromatic heterocycles. The summed E-state index contributed by atoms with van der Waals surface area (Å²) in [4.78, 5) is 19.2. The molecule has 0 bridgehead atoms. The van der Waals surface area contributed by atoms with Crippen LogP contribution in [0.4, 0.5) is 0 Å². The Morgan fingerprint density at radius 2 is 1.47 bits per heavy atom. The molecule has 5 nitrogen and oxygen atoms in total. The van der Waals surface area contributed by atoms with Crippen molar-refractivity contribution in [3.05, 3.63) is 59.7 Å².